The van der Waals surface area contributed by atoms with Gasteiger partial charge in [0.05, 0.1) is 40.1 Å². The number of nitrogens with zero attached hydrogens (tertiary/aromatic N) is 5. The van der Waals surface area contributed by atoms with Gasteiger partial charge in [0.2, 0.25) is 17.7 Å². The molecule has 6 rings (SSSR count). The lowest BCUT2D eigenvalue weighted by Gasteiger charge is -2.31. The first-order chi connectivity index (χ1) is 30.9. The van der Waals surface area contributed by atoms with E-state index in [0.717, 1.165) is 65.7 Å². The molecule has 1 aliphatic heterocycles. The molecule has 15 nitrogen and oxygen atoms in total. The lowest BCUT2D eigenvalue weighted by molar-refractivity contribution is -0.126. The third-order valence-electron chi connectivity index (χ3n) is 9.90. The predicted molar refractivity (Wildman–Crippen MR) is 256 cm³/mol. The number of aldehydes is 1. The molecule has 344 valence electrons. The predicted octanol–water partition coefficient (Wildman–Crippen LogP) is 6.42. The van der Waals surface area contributed by atoms with Crippen LogP contribution >= 0.6 is 34.6 Å². The lowest BCUT2D eigenvalue weighted by atomic mass is 9.96. The molecule has 1 fully saturated rings. The number of likely N-dealkylation sites (N-methyl/N-ethyl adjacent to an activating group) is 2. The molecule has 0 spiro atoms. The number of anilines is 3. The fourth-order valence-electron chi connectivity index (χ4n) is 6.53. The van der Waals surface area contributed by atoms with Gasteiger partial charge >= 0.3 is 0 Å². The number of rotatable bonds is 22. The van der Waals surface area contributed by atoms with Crippen molar-refractivity contribution in [2.24, 2.45) is 5.92 Å². The van der Waals surface area contributed by atoms with Crippen LogP contribution < -0.4 is 25.6 Å². The van der Waals surface area contributed by atoms with Crippen molar-refractivity contribution >= 4 is 85.5 Å². The smallest absolute Gasteiger partial charge is 0.246 e. The topological polar surface area (TPSA) is 170 Å². The summed E-state index contributed by atoms with van der Waals surface area (Å²) in [5.41, 5.74) is 4.24. The summed E-state index contributed by atoms with van der Waals surface area (Å²) in [6, 6.07) is 18.4. The van der Waals surface area contributed by atoms with Crippen LogP contribution in [0.5, 0.6) is 0 Å². The summed E-state index contributed by atoms with van der Waals surface area (Å²) < 4.78 is 29.9. The highest BCUT2D eigenvalue weighted by atomic mass is 32.2. The molecular weight excluding hydrogens is 878 g/mol. The molecule has 0 unspecified atom stereocenters. The summed E-state index contributed by atoms with van der Waals surface area (Å²) in [5.74, 6) is -0.441. The van der Waals surface area contributed by atoms with E-state index in [0.29, 0.717) is 67.0 Å². The number of fused-ring (bicyclic) bond motifs is 1. The number of likely N-dealkylation sites (tertiary alicyclic amines) is 1. The molecule has 5 aromatic rings. The molecule has 1 saturated heterocycles. The second kappa shape index (κ2) is 26.2. The molecule has 4 N–H and O–H groups in total. The molecule has 64 heavy (non-hydrogen) atoms. The van der Waals surface area contributed by atoms with Crippen LogP contribution in [0.25, 0.3) is 21.5 Å². The summed E-state index contributed by atoms with van der Waals surface area (Å²) in [4.78, 5) is 60.1. The van der Waals surface area contributed by atoms with E-state index in [1.807, 2.05) is 63.8 Å². The number of pyridine rings is 1. The number of hydrogen-bond acceptors (Lipinski definition) is 15. The van der Waals surface area contributed by atoms with Gasteiger partial charge in [0, 0.05) is 62.8 Å². The molecule has 0 atom stereocenters. The van der Waals surface area contributed by atoms with Crippen molar-refractivity contribution in [1.82, 2.24) is 30.4 Å². The number of nitrogens with one attached hydrogen (secondary N) is 4. The third-order valence-corrected chi connectivity index (χ3v) is 12.9. The van der Waals surface area contributed by atoms with Crippen LogP contribution in [0.2, 0.25) is 0 Å². The first-order valence-corrected chi connectivity index (χ1v) is 23.5. The number of ether oxygens (including phenoxy) is 2. The van der Waals surface area contributed by atoms with Gasteiger partial charge in [-0.2, -0.15) is 0 Å². The van der Waals surface area contributed by atoms with Crippen LogP contribution in [0, 0.1) is 18.7 Å². The van der Waals surface area contributed by atoms with E-state index in [9.17, 15) is 19.2 Å². The molecule has 0 radical (unpaired) electrons. The van der Waals surface area contributed by atoms with Crippen molar-refractivity contribution in [3.63, 3.8) is 0 Å². The minimum absolute atomic E-state index is 0.0113. The first kappa shape index (κ1) is 50.1. The average Bonchev–Trinajstić information content (AvgIpc) is 3.96. The summed E-state index contributed by atoms with van der Waals surface area (Å²) in [5, 5.41) is 13.9. The van der Waals surface area contributed by atoms with Gasteiger partial charge in [-0.1, -0.05) is 41.7 Å². The summed E-state index contributed by atoms with van der Waals surface area (Å²) in [7, 11) is 5.90. The van der Waals surface area contributed by atoms with Gasteiger partial charge < -0.3 is 44.8 Å². The van der Waals surface area contributed by atoms with E-state index in [4.69, 9.17) is 9.47 Å². The summed E-state index contributed by atoms with van der Waals surface area (Å²) in [6.45, 7) is 9.91. The number of amides is 3. The van der Waals surface area contributed by atoms with E-state index in [-0.39, 0.29) is 35.8 Å². The van der Waals surface area contributed by atoms with Crippen LogP contribution in [0.3, 0.4) is 0 Å². The minimum Gasteiger partial charge on any atom is -0.378 e. The van der Waals surface area contributed by atoms with Gasteiger partial charge in [-0.05, 0) is 101 Å². The van der Waals surface area contributed by atoms with Crippen molar-refractivity contribution in [3.8, 4) is 11.3 Å². The number of carbonyl (C=O) groups is 4. The van der Waals surface area contributed by atoms with Crippen LogP contribution in [-0.4, -0.2) is 137 Å². The number of halogens is 1. The minimum atomic E-state index is -0.401. The van der Waals surface area contributed by atoms with Gasteiger partial charge in [0.15, 0.2) is 10.9 Å². The van der Waals surface area contributed by atoms with E-state index >= 15 is 4.39 Å². The van der Waals surface area contributed by atoms with Crippen molar-refractivity contribution in [2.75, 3.05) is 108 Å². The second-order valence-electron chi connectivity index (χ2n) is 15.2. The Balaban J connectivity index is 0.000000337. The van der Waals surface area contributed by atoms with Crippen LogP contribution in [0.4, 0.5) is 21.0 Å². The van der Waals surface area contributed by atoms with E-state index < -0.39 is 5.82 Å². The molecule has 3 aromatic heterocycles. The van der Waals surface area contributed by atoms with Crippen LogP contribution in [-0.2, 0) is 23.9 Å². The highest BCUT2D eigenvalue weighted by Gasteiger charge is 2.26. The number of aryl methyl sites for hydroxylation is 1. The SMILES string of the molecule is CC(=O)Nc1ccc(C)c(-c2cccc(C=O)c2)n1.CNCCOCCOCC(=O)NCCN1CCC(C(=O)Nc2nc3c(F)cc(N(CCN(C)C)Sc4cccs4)cc3s2)CC1. The van der Waals surface area contributed by atoms with Gasteiger partial charge in [0.25, 0.3) is 0 Å². The highest BCUT2D eigenvalue weighted by molar-refractivity contribution is 8.02. The van der Waals surface area contributed by atoms with Crippen molar-refractivity contribution in [2.45, 2.75) is 30.9 Å². The fourth-order valence-corrected chi connectivity index (χ4v) is 9.25. The maximum absolute atomic E-state index is 15.3. The van der Waals surface area contributed by atoms with Gasteiger partial charge in [0.1, 0.15) is 24.2 Å². The Morgan fingerprint density at radius 2 is 1.77 bits per heavy atom. The zero-order chi connectivity index (χ0) is 45.8. The summed E-state index contributed by atoms with van der Waals surface area (Å²) in [6.07, 6.45) is 2.22. The number of hydrogen-bond donors (Lipinski definition) is 4. The molecule has 0 saturated carbocycles. The Morgan fingerprint density at radius 3 is 2.48 bits per heavy atom. The van der Waals surface area contributed by atoms with Gasteiger partial charge in [-0.3, -0.25) is 19.2 Å². The van der Waals surface area contributed by atoms with Crippen LogP contribution in [0.1, 0.15) is 35.7 Å². The molecular formula is C45H58FN9O6S3. The van der Waals surface area contributed by atoms with Crippen molar-refractivity contribution in [3.05, 3.63) is 83.0 Å². The maximum atomic E-state index is 15.3. The average molecular weight is 936 g/mol. The molecule has 3 amide bonds. The number of piperidine rings is 1. The lowest BCUT2D eigenvalue weighted by Crippen LogP contribution is -2.42. The number of thiazole rings is 1. The Morgan fingerprint density at radius 1 is 0.969 bits per heavy atom. The molecule has 19 heteroatoms. The monoisotopic (exact) mass is 935 g/mol. The maximum Gasteiger partial charge on any atom is 0.246 e. The quantitative estimate of drug-likeness (QED) is 0.0341. The molecule has 0 aliphatic carbocycles. The molecule has 2 aromatic carbocycles. The second-order valence-corrected chi connectivity index (χ2v) is 18.5. The van der Waals surface area contributed by atoms with E-state index in [1.165, 1.54) is 24.3 Å². The normalized spacial score (nSPS) is 13.0. The molecule has 1 aliphatic rings. The molecule has 0 bridgehead atoms. The number of carbonyl (C=O) groups excluding carboxylic acids is 4. The Kier molecular flexibility index (Phi) is 20.5. The van der Waals surface area contributed by atoms with E-state index in [2.05, 4.69) is 51.4 Å². The largest absolute Gasteiger partial charge is 0.378 e. The Hall–Kier alpha value is -4.86. The standard InChI is InChI=1S/C30H44FN7O4S3.C15H14N2O2/c1-32-9-15-41-16-17-42-21-26(39)33-8-12-37-10-6-22(7-11-37)29(40)35-30-34-28-24(31)19-23(20-25(28)44-30)38(14-13-36(2)3)45-27-5-4-18-43-27;1-10-6-7-14(16-11(2)19)17-15(10)13-5-3-4-12(8-13)9-18/h4-5,18-20,22,32H,6-17,21H2,1-3H3,(H,33,39)(H,34,35,40);3-9H,1-2H3,(H,16,17,19). The zero-order valence-corrected chi connectivity index (χ0v) is 39.4. The van der Waals surface area contributed by atoms with E-state index in [1.54, 1.807) is 41.5 Å². The number of benzene rings is 2. The highest BCUT2D eigenvalue weighted by Crippen LogP contribution is 2.37. The zero-order valence-electron chi connectivity index (χ0n) is 37.0. The Bertz CT molecular complexity index is 2270. The van der Waals surface area contributed by atoms with Gasteiger partial charge in [-0.15, -0.1) is 11.3 Å². The third kappa shape index (κ3) is 16.3. The fraction of sp³-hybridized carbons (Fsp3) is 0.422. The van der Waals surface area contributed by atoms with Crippen LogP contribution in [0.15, 0.2) is 70.3 Å². The first-order valence-electron chi connectivity index (χ1n) is 21.1. The van der Waals surface area contributed by atoms with Crippen molar-refractivity contribution < 1.29 is 33.0 Å². The Labute approximate surface area is 386 Å². The number of aromatic nitrogens is 2. The van der Waals surface area contributed by atoms with Crippen molar-refractivity contribution in [1.29, 1.82) is 0 Å². The number of thiophene rings is 1. The van der Waals surface area contributed by atoms with Gasteiger partial charge in [-0.25, -0.2) is 14.4 Å². The molecule has 4 heterocycles. The summed E-state index contributed by atoms with van der Waals surface area (Å²) >= 11 is 4.54.